The molecule has 19 heavy (non-hydrogen) atoms. The first-order valence-corrected chi connectivity index (χ1v) is 7.54. The van der Waals surface area contributed by atoms with Crippen molar-refractivity contribution in [1.82, 2.24) is 0 Å². The summed E-state index contributed by atoms with van der Waals surface area (Å²) in [5.74, 6) is 1.43. The van der Waals surface area contributed by atoms with E-state index in [0.717, 1.165) is 5.92 Å². The molecule has 0 heterocycles. The van der Waals surface area contributed by atoms with Gasteiger partial charge in [-0.25, -0.2) is 0 Å². The van der Waals surface area contributed by atoms with Crippen LogP contribution in [0, 0.1) is 17.3 Å². The largest absolute Gasteiger partial charge is 0.0622 e. The summed E-state index contributed by atoms with van der Waals surface area (Å²) >= 11 is 0. The maximum atomic E-state index is 2.42. The maximum absolute atomic E-state index is 2.42. The summed E-state index contributed by atoms with van der Waals surface area (Å²) in [5, 5.41) is 0. The number of hydrogen-bond donors (Lipinski definition) is 0. The number of benzene rings is 1. The van der Waals surface area contributed by atoms with Crippen molar-refractivity contribution >= 4 is 5.57 Å². The van der Waals surface area contributed by atoms with Gasteiger partial charge in [0.2, 0.25) is 0 Å². The van der Waals surface area contributed by atoms with Crippen LogP contribution >= 0.6 is 0 Å². The summed E-state index contributed by atoms with van der Waals surface area (Å²) < 4.78 is 0. The van der Waals surface area contributed by atoms with Crippen molar-refractivity contribution in [2.75, 3.05) is 0 Å². The van der Waals surface area contributed by atoms with Crippen molar-refractivity contribution in [1.29, 1.82) is 0 Å². The van der Waals surface area contributed by atoms with Crippen molar-refractivity contribution in [3.05, 3.63) is 53.6 Å². The van der Waals surface area contributed by atoms with Crippen LogP contribution in [0.1, 0.15) is 45.6 Å². The summed E-state index contributed by atoms with van der Waals surface area (Å²) in [4.78, 5) is 0. The Bertz CT molecular complexity index is 511. The summed E-state index contributed by atoms with van der Waals surface area (Å²) in [6, 6.07) is 10.9. The molecule has 1 aromatic rings. The van der Waals surface area contributed by atoms with E-state index in [-0.39, 0.29) is 0 Å². The van der Waals surface area contributed by atoms with Crippen LogP contribution in [0.2, 0.25) is 0 Å². The molecule has 0 amide bonds. The summed E-state index contributed by atoms with van der Waals surface area (Å²) in [6.07, 6.45) is 8.86. The Labute approximate surface area is 117 Å². The summed E-state index contributed by atoms with van der Waals surface area (Å²) in [6.45, 7) is 7.17. The molecule has 100 valence electrons. The van der Waals surface area contributed by atoms with Gasteiger partial charge >= 0.3 is 0 Å². The van der Waals surface area contributed by atoms with Crippen molar-refractivity contribution in [3.8, 4) is 0 Å². The third-order valence-corrected chi connectivity index (χ3v) is 4.77. The molecule has 2 unspecified atom stereocenters. The highest BCUT2D eigenvalue weighted by Crippen LogP contribution is 2.50. The molecular weight excluding hydrogens is 228 g/mol. The van der Waals surface area contributed by atoms with E-state index >= 15 is 0 Å². The molecular formula is C19H24. The lowest BCUT2D eigenvalue weighted by Crippen LogP contribution is -2.29. The Balaban J connectivity index is 1.89. The minimum Gasteiger partial charge on any atom is -0.0622 e. The van der Waals surface area contributed by atoms with Crippen LogP contribution in [0.25, 0.3) is 5.57 Å². The minimum absolute atomic E-state index is 0.393. The highest BCUT2D eigenvalue weighted by atomic mass is 14.4. The van der Waals surface area contributed by atoms with E-state index in [1.807, 2.05) is 0 Å². The van der Waals surface area contributed by atoms with Gasteiger partial charge in [-0.05, 0) is 35.3 Å². The Morgan fingerprint density at radius 3 is 2.37 bits per heavy atom. The van der Waals surface area contributed by atoms with Gasteiger partial charge in [0.1, 0.15) is 0 Å². The van der Waals surface area contributed by atoms with Crippen LogP contribution < -0.4 is 0 Å². The SMILES string of the molecule is CC(C)(C)C1CCCC2C(c3ccccc3)=CC=C21. The molecule has 2 aliphatic rings. The lowest BCUT2D eigenvalue weighted by atomic mass is 9.65. The van der Waals surface area contributed by atoms with Crippen LogP contribution in [-0.2, 0) is 0 Å². The molecule has 0 bridgehead atoms. The predicted octanol–water partition coefficient (Wildman–Crippen LogP) is 5.47. The molecule has 0 saturated heterocycles. The maximum Gasteiger partial charge on any atom is 0.00602 e. The zero-order valence-electron chi connectivity index (χ0n) is 12.3. The summed E-state index contributed by atoms with van der Waals surface area (Å²) in [7, 11) is 0. The van der Waals surface area contributed by atoms with Crippen LogP contribution in [0.5, 0.6) is 0 Å². The third kappa shape index (κ3) is 2.29. The van der Waals surface area contributed by atoms with Gasteiger partial charge in [0, 0.05) is 5.92 Å². The smallest absolute Gasteiger partial charge is 0.00602 e. The van der Waals surface area contributed by atoms with E-state index < -0.39 is 0 Å². The van der Waals surface area contributed by atoms with E-state index in [4.69, 9.17) is 0 Å². The lowest BCUT2D eigenvalue weighted by molar-refractivity contribution is 0.224. The standard InChI is InChI=1S/C19H24/c1-19(2,3)18-11-7-10-16-15(12-13-17(16)18)14-8-5-4-6-9-14/h4-6,8-9,12-13,16,18H,7,10-11H2,1-3H3. The summed E-state index contributed by atoms with van der Waals surface area (Å²) in [5.41, 5.74) is 5.04. The average Bonchev–Trinajstić information content (AvgIpc) is 2.82. The molecule has 1 fully saturated rings. The molecule has 0 heteroatoms. The van der Waals surface area contributed by atoms with E-state index in [9.17, 15) is 0 Å². The first-order chi connectivity index (χ1) is 9.07. The Hall–Kier alpha value is -1.30. The molecule has 0 nitrogen and oxygen atoms in total. The molecule has 0 aliphatic heterocycles. The second-order valence-electron chi connectivity index (χ2n) is 7.06. The average molecular weight is 252 g/mol. The van der Waals surface area contributed by atoms with Gasteiger partial charge in [-0.3, -0.25) is 0 Å². The van der Waals surface area contributed by atoms with Crippen molar-refractivity contribution in [3.63, 3.8) is 0 Å². The first kappa shape index (κ1) is 12.7. The van der Waals surface area contributed by atoms with Crippen LogP contribution in [0.4, 0.5) is 0 Å². The van der Waals surface area contributed by atoms with Crippen molar-refractivity contribution in [2.45, 2.75) is 40.0 Å². The van der Waals surface area contributed by atoms with Crippen molar-refractivity contribution < 1.29 is 0 Å². The fourth-order valence-electron chi connectivity index (χ4n) is 3.83. The molecule has 1 aromatic carbocycles. The van der Waals surface area contributed by atoms with E-state index in [1.165, 1.54) is 24.8 Å². The first-order valence-electron chi connectivity index (χ1n) is 7.54. The normalized spacial score (nSPS) is 26.7. The van der Waals surface area contributed by atoms with Gasteiger partial charge in [-0.1, -0.05) is 75.2 Å². The molecule has 0 N–H and O–H groups in total. The molecule has 2 atom stereocenters. The van der Waals surface area contributed by atoms with E-state index in [1.54, 1.807) is 11.1 Å². The molecule has 1 saturated carbocycles. The zero-order valence-corrected chi connectivity index (χ0v) is 12.3. The van der Waals surface area contributed by atoms with Gasteiger partial charge in [-0.2, -0.15) is 0 Å². The third-order valence-electron chi connectivity index (χ3n) is 4.77. The van der Waals surface area contributed by atoms with Gasteiger partial charge in [0.25, 0.3) is 0 Å². The van der Waals surface area contributed by atoms with E-state index in [0.29, 0.717) is 11.3 Å². The number of hydrogen-bond acceptors (Lipinski definition) is 0. The fourth-order valence-corrected chi connectivity index (χ4v) is 3.83. The Morgan fingerprint density at radius 1 is 0.947 bits per heavy atom. The van der Waals surface area contributed by atoms with Gasteiger partial charge in [0.05, 0.1) is 0 Å². The van der Waals surface area contributed by atoms with Crippen LogP contribution in [-0.4, -0.2) is 0 Å². The van der Waals surface area contributed by atoms with E-state index in [2.05, 4.69) is 63.3 Å². The predicted molar refractivity (Wildman–Crippen MR) is 82.8 cm³/mol. The molecule has 0 radical (unpaired) electrons. The monoisotopic (exact) mass is 252 g/mol. The topological polar surface area (TPSA) is 0 Å². The Kier molecular flexibility index (Phi) is 3.12. The minimum atomic E-state index is 0.393. The highest BCUT2D eigenvalue weighted by Gasteiger charge is 2.37. The molecule has 3 rings (SSSR count). The number of rotatable bonds is 1. The number of allylic oxidation sites excluding steroid dienone is 4. The lowest BCUT2D eigenvalue weighted by Gasteiger charge is -2.39. The zero-order chi connectivity index (χ0) is 13.5. The van der Waals surface area contributed by atoms with Gasteiger partial charge in [-0.15, -0.1) is 0 Å². The fraction of sp³-hybridized carbons (Fsp3) is 0.474. The second-order valence-corrected chi connectivity index (χ2v) is 7.06. The van der Waals surface area contributed by atoms with Gasteiger partial charge in [0.15, 0.2) is 0 Å². The van der Waals surface area contributed by atoms with Crippen LogP contribution in [0.15, 0.2) is 48.1 Å². The highest BCUT2D eigenvalue weighted by molar-refractivity contribution is 5.75. The molecule has 2 aliphatic carbocycles. The van der Waals surface area contributed by atoms with Gasteiger partial charge < -0.3 is 0 Å². The van der Waals surface area contributed by atoms with Crippen molar-refractivity contribution in [2.24, 2.45) is 17.3 Å². The molecule has 0 aromatic heterocycles. The molecule has 0 spiro atoms. The van der Waals surface area contributed by atoms with Crippen LogP contribution in [0.3, 0.4) is 0 Å². The number of fused-ring (bicyclic) bond motifs is 1. The Morgan fingerprint density at radius 2 is 1.68 bits per heavy atom. The second kappa shape index (κ2) is 4.67. The quantitative estimate of drug-likeness (QED) is 0.621.